The lowest BCUT2D eigenvalue weighted by atomic mass is 10.0. The van der Waals surface area contributed by atoms with Crippen molar-refractivity contribution in [3.8, 4) is 11.5 Å². The SMILES string of the molecule is CCOc1ccc(C(=O)N[C@H](C)c2ccc(F)cc2)cc1COc1ccccc1C(C)C. The summed E-state index contributed by atoms with van der Waals surface area (Å²) in [5.41, 5.74) is 3.28. The lowest BCUT2D eigenvalue weighted by Gasteiger charge is -2.17. The fraction of sp³-hybridized carbons (Fsp3) is 0.296. The van der Waals surface area contributed by atoms with Gasteiger partial charge in [0.15, 0.2) is 0 Å². The average Bonchev–Trinajstić information content (AvgIpc) is 2.79. The van der Waals surface area contributed by atoms with Crippen LogP contribution in [-0.4, -0.2) is 12.5 Å². The van der Waals surface area contributed by atoms with Crippen LogP contribution in [0.25, 0.3) is 0 Å². The Morgan fingerprint density at radius 3 is 2.34 bits per heavy atom. The van der Waals surface area contributed by atoms with Gasteiger partial charge >= 0.3 is 0 Å². The first-order valence-electron chi connectivity index (χ1n) is 10.9. The number of halogens is 1. The summed E-state index contributed by atoms with van der Waals surface area (Å²) in [5, 5.41) is 2.97. The van der Waals surface area contributed by atoms with E-state index in [4.69, 9.17) is 9.47 Å². The van der Waals surface area contributed by atoms with E-state index in [-0.39, 0.29) is 24.4 Å². The number of nitrogens with one attached hydrogen (secondary N) is 1. The van der Waals surface area contributed by atoms with Crippen LogP contribution in [0.1, 0.15) is 66.7 Å². The van der Waals surface area contributed by atoms with E-state index in [1.54, 1.807) is 30.3 Å². The van der Waals surface area contributed by atoms with Gasteiger partial charge in [0, 0.05) is 11.1 Å². The molecular weight excluding hydrogens is 405 g/mol. The third-order valence-electron chi connectivity index (χ3n) is 5.26. The van der Waals surface area contributed by atoms with E-state index in [1.807, 2.05) is 32.0 Å². The number of ether oxygens (including phenoxy) is 2. The molecule has 0 aliphatic carbocycles. The van der Waals surface area contributed by atoms with Crippen LogP contribution in [0.2, 0.25) is 0 Å². The summed E-state index contributed by atoms with van der Waals surface area (Å²) in [6.45, 7) is 8.84. The second kappa shape index (κ2) is 10.8. The van der Waals surface area contributed by atoms with Gasteiger partial charge in [-0.1, -0.05) is 44.2 Å². The molecule has 0 aliphatic heterocycles. The topological polar surface area (TPSA) is 47.6 Å². The maximum atomic E-state index is 13.2. The van der Waals surface area contributed by atoms with Gasteiger partial charge in [-0.2, -0.15) is 0 Å². The Bertz CT molecular complexity index is 1050. The third kappa shape index (κ3) is 5.88. The van der Waals surface area contributed by atoms with Crippen molar-refractivity contribution in [1.82, 2.24) is 5.32 Å². The van der Waals surface area contributed by atoms with Crippen molar-refractivity contribution in [2.45, 2.75) is 46.3 Å². The second-order valence-electron chi connectivity index (χ2n) is 7.98. The summed E-state index contributed by atoms with van der Waals surface area (Å²) < 4.78 is 25.0. The molecule has 0 unspecified atom stereocenters. The van der Waals surface area contributed by atoms with E-state index in [0.29, 0.717) is 23.8 Å². The summed E-state index contributed by atoms with van der Waals surface area (Å²) in [4.78, 5) is 12.9. The Labute approximate surface area is 189 Å². The standard InChI is InChI=1S/C27H30FNO3/c1-5-31-25-15-12-21(27(30)29-19(4)20-10-13-23(28)14-11-20)16-22(25)17-32-26-9-7-6-8-24(26)18(2)3/h6-16,18-19H,5,17H2,1-4H3,(H,29,30)/t19-/m1/s1. The first-order valence-corrected chi connectivity index (χ1v) is 10.9. The number of rotatable bonds is 9. The molecule has 0 saturated heterocycles. The van der Waals surface area contributed by atoms with Crippen LogP contribution >= 0.6 is 0 Å². The summed E-state index contributed by atoms with van der Waals surface area (Å²) in [5.74, 6) is 1.33. The van der Waals surface area contributed by atoms with Gasteiger partial charge in [-0.15, -0.1) is 0 Å². The van der Waals surface area contributed by atoms with Gasteiger partial charge in [-0.05, 0) is 67.3 Å². The van der Waals surface area contributed by atoms with Gasteiger partial charge in [-0.25, -0.2) is 4.39 Å². The molecule has 1 N–H and O–H groups in total. The molecule has 0 heterocycles. The lowest BCUT2D eigenvalue weighted by Crippen LogP contribution is -2.26. The molecule has 0 bridgehead atoms. The number of hydrogen-bond acceptors (Lipinski definition) is 3. The highest BCUT2D eigenvalue weighted by Crippen LogP contribution is 2.28. The summed E-state index contributed by atoms with van der Waals surface area (Å²) in [6.07, 6.45) is 0. The largest absolute Gasteiger partial charge is 0.493 e. The average molecular weight is 436 g/mol. The van der Waals surface area contributed by atoms with E-state index in [0.717, 1.165) is 22.4 Å². The van der Waals surface area contributed by atoms with Crippen LogP contribution in [0.4, 0.5) is 4.39 Å². The van der Waals surface area contributed by atoms with E-state index < -0.39 is 0 Å². The van der Waals surface area contributed by atoms with Crippen molar-refractivity contribution in [1.29, 1.82) is 0 Å². The Kier molecular flexibility index (Phi) is 7.87. The summed E-state index contributed by atoms with van der Waals surface area (Å²) in [6, 6.07) is 19.2. The number of hydrogen-bond donors (Lipinski definition) is 1. The Morgan fingerprint density at radius 2 is 1.66 bits per heavy atom. The van der Waals surface area contributed by atoms with Gasteiger partial charge in [0.25, 0.3) is 5.91 Å². The molecule has 1 atom stereocenters. The van der Waals surface area contributed by atoms with E-state index >= 15 is 0 Å². The van der Waals surface area contributed by atoms with Crippen molar-refractivity contribution >= 4 is 5.91 Å². The number of amides is 1. The quantitative estimate of drug-likeness (QED) is 0.422. The Hall–Kier alpha value is -3.34. The first kappa shape index (κ1) is 23.3. The zero-order chi connectivity index (χ0) is 23.1. The highest BCUT2D eigenvalue weighted by atomic mass is 19.1. The Morgan fingerprint density at radius 1 is 0.938 bits per heavy atom. The van der Waals surface area contributed by atoms with Crippen LogP contribution in [-0.2, 0) is 6.61 Å². The number of carbonyl (C=O) groups excluding carboxylic acids is 1. The maximum absolute atomic E-state index is 13.2. The van der Waals surface area contributed by atoms with Crippen LogP contribution in [0.5, 0.6) is 11.5 Å². The fourth-order valence-corrected chi connectivity index (χ4v) is 3.49. The highest BCUT2D eigenvalue weighted by Gasteiger charge is 2.15. The Balaban J connectivity index is 1.78. The molecule has 0 aliphatic rings. The molecule has 3 aromatic rings. The number of para-hydroxylation sites is 1. The number of benzene rings is 3. The smallest absolute Gasteiger partial charge is 0.251 e. The first-order chi connectivity index (χ1) is 15.4. The molecule has 0 spiro atoms. The number of carbonyl (C=O) groups is 1. The van der Waals surface area contributed by atoms with Crippen molar-refractivity contribution in [3.63, 3.8) is 0 Å². The molecule has 3 rings (SSSR count). The van der Waals surface area contributed by atoms with Crippen LogP contribution < -0.4 is 14.8 Å². The molecule has 0 saturated carbocycles. The molecule has 0 radical (unpaired) electrons. The van der Waals surface area contributed by atoms with Gasteiger partial charge < -0.3 is 14.8 Å². The van der Waals surface area contributed by atoms with E-state index in [9.17, 15) is 9.18 Å². The minimum Gasteiger partial charge on any atom is -0.493 e. The second-order valence-corrected chi connectivity index (χ2v) is 7.98. The van der Waals surface area contributed by atoms with Gasteiger partial charge in [0.1, 0.15) is 23.9 Å². The zero-order valence-electron chi connectivity index (χ0n) is 19.0. The molecule has 0 aromatic heterocycles. The third-order valence-corrected chi connectivity index (χ3v) is 5.26. The summed E-state index contributed by atoms with van der Waals surface area (Å²) >= 11 is 0. The molecule has 1 amide bonds. The van der Waals surface area contributed by atoms with Crippen LogP contribution in [0.3, 0.4) is 0 Å². The van der Waals surface area contributed by atoms with Crippen molar-refractivity contribution in [2.75, 3.05) is 6.61 Å². The molecule has 3 aromatic carbocycles. The van der Waals surface area contributed by atoms with Crippen molar-refractivity contribution < 1.29 is 18.7 Å². The minimum atomic E-state index is -0.303. The predicted octanol–water partition coefficient (Wildman–Crippen LogP) is 6.42. The summed E-state index contributed by atoms with van der Waals surface area (Å²) in [7, 11) is 0. The molecule has 5 heteroatoms. The molecule has 4 nitrogen and oxygen atoms in total. The van der Waals surface area contributed by atoms with E-state index in [2.05, 4.69) is 25.2 Å². The van der Waals surface area contributed by atoms with E-state index in [1.165, 1.54) is 12.1 Å². The van der Waals surface area contributed by atoms with Crippen LogP contribution in [0.15, 0.2) is 66.7 Å². The lowest BCUT2D eigenvalue weighted by molar-refractivity contribution is 0.0939. The predicted molar refractivity (Wildman–Crippen MR) is 125 cm³/mol. The monoisotopic (exact) mass is 435 g/mol. The molecule has 168 valence electrons. The zero-order valence-corrected chi connectivity index (χ0v) is 19.0. The van der Waals surface area contributed by atoms with Gasteiger partial charge in [-0.3, -0.25) is 4.79 Å². The molecule has 32 heavy (non-hydrogen) atoms. The molecule has 0 fully saturated rings. The minimum absolute atomic E-state index is 0.214. The van der Waals surface area contributed by atoms with Gasteiger partial charge in [0.2, 0.25) is 0 Å². The van der Waals surface area contributed by atoms with Crippen molar-refractivity contribution in [2.24, 2.45) is 0 Å². The molecular formula is C27H30FNO3. The normalized spacial score (nSPS) is 11.8. The van der Waals surface area contributed by atoms with Crippen molar-refractivity contribution in [3.05, 3.63) is 94.8 Å². The fourth-order valence-electron chi connectivity index (χ4n) is 3.49. The highest BCUT2D eigenvalue weighted by molar-refractivity contribution is 5.94. The maximum Gasteiger partial charge on any atom is 0.251 e. The van der Waals surface area contributed by atoms with Gasteiger partial charge in [0.05, 0.1) is 12.6 Å². The van der Waals surface area contributed by atoms with Crippen LogP contribution in [0, 0.1) is 5.82 Å².